The fourth-order valence-corrected chi connectivity index (χ4v) is 3.34. The van der Waals surface area contributed by atoms with E-state index in [2.05, 4.69) is 31.2 Å². The molecule has 0 amide bonds. The number of fused-ring (bicyclic) bond motifs is 5. The quantitative estimate of drug-likeness (QED) is 0.461. The summed E-state index contributed by atoms with van der Waals surface area (Å²) >= 11 is 0. The lowest BCUT2D eigenvalue weighted by Gasteiger charge is -2.23. The van der Waals surface area contributed by atoms with E-state index in [0.29, 0.717) is 0 Å². The SMILES string of the molecule is CC1C=CC2C3C=CC(C3)C12. The van der Waals surface area contributed by atoms with Crippen molar-refractivity contribution in [3.63, 3.8) is 0 Å². The van der Waals surface area contributed by atoms with Crippen LogP contribution in [0.5, 0.6) is 0 Å². The molecular weight excluding hydrogens is 132 g/mol. The maximum absolute atomic E-state index is 2.46. The minimum Gasteiger partial charge on any atom is -0.0851 e. The highest BCUT2D eigenvalue weighted by molar-refractivity contribution is 5.23. The number of rotatable bonds is 0. The van der Waals surface area contributed by atoms with Gasteiger partial charge in [-0.3, -0.25) is 0 Å². The molecule has 0 radical (unpaired) electrons. The molecule has 58 valence electrons. The Morgan fingerprint density at radius 3 is 2.64 bits per heavy atom. The summed E-state index contributed by atoms with van der Waals surface area (Å²) in [7, 11) is 0. The lowest BCUT2D eigenvalue weighted by molar-refractivity contribution is 0.326. The third kappa shape index (κ3) is 0.610. The van der Waals surface area contributed by atoms with E-state index in [1.54, 1.807) is 0 Å². The van der Waals surface area contributed by atoms with Crippen molar-refractivity contribution in [1.82, 2.24) is 0 Å². The van der Waals surface area contributed by atoms with E-state index in [9.17, 15) is 0 Å². The summed E-state index contributed by atoms with van der Waals surface area (Å²) in [5, 5.41) is 0. The molecule has 0 nitrogen and oxygen atoms in total. The zero-order valence-corrected chi connectivity index (χ0v) is 6.90. The van der Waals surface area contributed by atoms with Crippen LogP contribution in [0.25, 0.3) is 0 Å². The van der Waals surface area contributed by atoms with Crippen molar-refractivity contribution in [3.05, 3.63) is 24.3 Å². The molecule has 5 atom stereocenters. The van der Waals surface area contributed by atoms with Gasteiger partial charge in [0.25, 0.3) is 0 Å². The van der Waals surface area contributed by atoms with Gasteiger partial charge in [-0.05, 0) is 36.0 Å². The zero-order chi connectivity index (χ0) is 7.42. The molecule has 11 heavy (non-hydrogen) atoms. The van der Waals surface area contributed by atoms with Crippen molar-refractivity contribution in [2.45, 2.75) is 13.3 Å². The number of allylic oxidation sites excluding steroid dienone is 4. The van der Waals surface area contributed by atoms with Crippen molar-refractivity contribution >= 4 is 0 Å². The maximum Gasteiger partial charge on any atom is -0.0131 e. The summed E-state index contributed by atoms with van der Waals surface area (Å²) in [6, 6.07) is 0. The Hall–Kier alpha value is -0.520. The van der Waals surface area contributed by atoms with E-state index in [4.69, 9.17) is 0 Å². The van der Waals surface area contributed by atoms with Crippen molar-refractivity contribution in [3.8, 4) is 0 Å². The molecular formula is C11H14. The molecule has 0 saturated heterocycles. The van der Waals surface area contributed by atoms with Crippen LogP contribution in [-0.2, 0) is 0 Å². The Bertz CT molecular complexity index is 236. The van der Waals surface area contributed by atoms with Crippen LogP contribution in [0.3, 0.4) is 0 Å². The van der Waals surface area contributed by atoms with Crippen LogP contribution in [0.4, 0.5) is 0 Å². The highest BCUT2D eigenvalue weighted by Gasteiger charge is 2.47. The summed E-state index contributed by atoms with van der Waals surface area (Å²) in [5.74, 6) is 4.58. The van der Waals surface area contributed by atoms with Crippen molar-refractivity contribution < 1.29 is 0 Å². The Morgan fingerprint density at radius 1 is 1.00 bits per heavy atom. The van der Waals surface area contributed by atoms with Crippen molar-refractivity contribution in [2.24, 2.45) is 29.6 Å². The highest BCUT2D eigenvalue weighted by Crippen LogP contribution is 2.54. The van der Waals surface area contributed by atoms with Gasteiger partial charge >= 0.3 is 0 Å². The molecule has 0 heteroatoms. The fraction of sp³-hybridized carbons (Fsp3) is 0.636. The van der Waals surface area contributed by atoms with Crippen molar-refractivity contribution in [2.75, 3.05) is 0 Å². The molecule has 5 unspecified atom stereocenters. The van der Waals surface area contributed by atoms with Gasteiger partial charge in [-0.2, -0.15) is 0 Å². The summed E-state index contributed by atoms with van der Waals surface area (Å²) in [6.07, 6.45) is 11.2. The average molecular weight is 146 g/mol. The predicted molar refractivity (Wildman–Crippen MR) is 46.0 cm³/mol. The van der Waals surface area contributed by atoms with Crippen LogP contribution in [0, 0.1) is 29.6 Å². The first kappa shape index (κ1) is 6.05. The van der Waals surface area contributed by atoms with E-state index < -0.39 is 0 Å². The van der Waals surface area contributed by atoms with Gasteiger partial charge in [-0.15, -0.1) is 0 Å². The van der Waals surface area contributed by atoms with Gasteiger partial charge in [0.15, 0.2) is 0 Å². The Labute approximate surface area is 68.0 Å². The first-order valence-corrected chi connectivity index (χ1v) is 4.73. The fourth-order valence-electron chi connectivity index (χ4n) is 3.34. The van der Waals surface area contributed by atoms with Crippen LogP contribution in [0.1, 0.15) is 13.3 Å². The molecule has 3 aliphatic carbocycles. The summed E-state index contributed by atoms with van der Waals surface area (Å²) in [5.41, 5.74) is 0. The molecule has 1 saturated carbocycles. The van der Waals surface area contributed by atoms with Crippen LogP contribution >= 0.6 is 0 Å². The Kier molecular flexibility index (Phi) is 0.988. The molecule has 1 fully saturated rings. The monoisotopic (exact) mass is 146 g/mol. The van der Waals surface area contributed by atoms with Crippen LogP contribution in [0.2, 0.25) is 0 Å². The zero-order valence-electron chi connectivity index (χ0n) is 6.90. The van der Waals surface area contributed by atoms with Gasteiger partial charge in [0, 0.05) is 0 Å². The van der Waals surface area contributed by atoms with Gasteiger partial charge in [-0.25, -0.2) is 0 Å². The molecule has 0 N–H and O–H groups in total. The molecule has 0 aromatic carbocycles. The summed E-state index contributed by atoms with van der Waals surface area (Å²) in [4.78, 5) is 0. The minimum atomic E-state index is 0.847. The third-order valence-electron chi connectivity index (χ3n) is 3.83. The van der Waals surface area contributed by atoms with Gasteiger partial charge in [-0.1, -0.05) is 31.2 Å². The Morgan fingerprint density at radius 2 is 1.82 bits per heavy atom. The third-order valence-corrected chi connectivity index (χ3v) is 3.83. The minimum absolute atomic E-state index is 0.847. The van der Waals surface area contributed by atoms with E-state index in [1.807, 2.05) is 0 Å². The molecule has 0 aliphatic heterocycles. The normalized spacial score (nSPS) is 57.4. The molecule has 2 bridgehead atoms. The molecule has 0 spiro atoms. The van der Waals surface area contributed by atoms with E-state index in [0.717, 1.165) is 29.6 Å². The van der Waals surface area contributed by atoms with E-state index in [-0.39, 0.29) is 0 Å². The van der Waals surface area contributed by atoms with Crippen LogP contribution < -0.4 is 0 Å². The topological polar surface area (TPSA) is 0 Å². The lowest BCUT2D eigenvalue weighted by Crippen LogP contribution is -2.18. The van der Waals surface area contributed by atoms with Gasteiger partial charge in [0.2, 0.25) is 0 Å². The average Bonchev–Trinajstić information content (AvgIpc) is 2.60. The van der Waals surface area contributed by atoms with E-state index in [1.165, 1.54) is 6.42 Å². The van der Waals surface area contributed by atoms with Crippen LogP contribution in [-0.4, -0.2) is 0 Å². The number of hydrogen-bond acceptors (Lipinski definition) is 0. The first-order chi connectivity index (χ1) is 5.36. The molecule has 3 rings (SSSR count). The van der Waals surface area contributed by atoms with E-state index >= 15 is 0 Å². The lowest BCUT2D eigenvalue weighted by atomic mass is 9.81. The van der Waals surface area contributed by atoms with Gasteiger partial charge in [0.1, 0.15) is 0 Å². The van der Waals surface area contributed by atoms with Gasteiger partial charge in [0.05, 0.1) is 0 Å². The number of hydrogen-bond donors (Lipinski definition) is 0. The molecule has 3 aliphatic rings. The largest absolute Gasteiger partial charge is 0.0851 e. The highest BCUT2D eigenvalue weighted by atomic mass is 14.5. The Balaban J connectivity index is 2.02. The second kappa shape index (κ2) is 1.80. The molecule has 0 aromatic rings. The standard InChI is InChI=1S/C11H14/c1-7-2-5-10-8-3-4-9(6-8)11(7)10/h2-5,7-11H,6H2,1H3. The molecule has 0 heterocycles. The van der Waals surface area contributed by atoms with Gasteiger partial charge < -0.3 is 0 Å². The molecule has 0 aromatic heterocycles. The summed E-state index contributed by atoms with van der Waals surface area (Å²) in [6.45, 7) is 2.37. The smallest absolute Gasteiger partial charge is 0.0131 e. The second-order valence-corrected chi connectivity index (χ2v) is 4.35. The van der Waals surface area contributed by atoms with Crippen LogP contribution in [0.15, 0.2) is 24.3 Å². The summed E-state index contributed by atoms with van der Waals surface area (Å²) < 4.78 is 0. The maximum atomic E-state index is 2.46. The first-order valence-electron chi connectivity index (χ1n) is 4.73. The second-order valence-electron chi connectivity index (χ2n) is 4.35. The van der Waals surface area contributed by atoms with Crippen molar-refractivity contribution in [1.29, 1.82) is 0 Å². The predicted octanol–water partition coefficient (Wildman–Crippen LogP) is 2.63.